The first-order valence-electron chi connectivity index (χ1n) is 12.1. The molecular formula is C24H45NNa2O6. The number of carbonyl (C=O) groups excluding carboxylic acids is 4. The minimum absolute atomic E-state index is 0. The van der Waals surface area contributed by atoms with Gasteiger partial charge in [0.1, 0.15) is 6.04 Å². The van der Waals surface area contributed by atoms with E-state index in [1.54, 1.807) is 0 Å². The van der Waals surface area contributed by atoms with Crippen molar-refractivity contribution in [3.05, 3.63) is 0 Å². The summed E-state index contributed by atoms with van der Waals surface area (Å²) in [6.45, 7) is 4.32. The van der Waals surface area contributed by atoms with Gasteiger partial charge in [0, 0.05) is 12.8 Å². The molecule has 0 aliphatic rings. The molecule has 184 valence electrons. The molecule has 0 aromatic carbocycles. The van der Waals surface area contributed by atoms with Gasteiger partial charge in [-0.15, -0.1) is 0 Å². The Kier molecular flexibility index (Phi) is 30.7. The summed E-state index contributed by atoms with van der Waals surface area (Å²) in [5.74, 6) is -3.10. The summed E-state index contributed by atoms with van der Waals surface area (Å²) >= 11 is 0. The predicted molar refractivity (Wildman–Crippen MR) is 134 cm³/mol. The van der Waals surface area contributed by atoms with Gasteiger partial charge in [0.15, 0.2) is 0 Å². The third-order valence-corrected chi connectivity index (χ3v) is 5.10. The molecule has 0 aliphatic heterocycles. The van der Waals surface area contributed by atoms with Gasteiger partial charge >= 0.3 is 83.0 Å². The summed E-state index contributed by atoms with van der Waals surface area (Å²) < 4.78 is 9.38. The average Bonchev–Trinajstić information content (AvgIpc) is 2.72. The number of hydrogen-bond donors (Lipinski definition) is 1. The van der Waals surface area contributed by atoms with Crippen molar-refractivity contribution in [3.8, 4) is 0 Å². The summed E-state index contributed by atoms with van der Waals surface area (Å²) in [5, 5.41) is 0. The van der Waals surface area contributed by atoms with Crippen molar-refractivity contribution in [3.63, 3.8) is 0 Å². The molecule has 0 aromatic heterocycles. The first kappa shape index (κ1) is 37.8. The van der Waals surface area contributed by atoms with Crippen molar-refractivity contribution < 1.29 is 28.7 Å². The van der Waals surface area contributed by atoms with Gasteiger partial charge in [-0.05, 0) is 12.8 Å². The molecule has 0 saturated heterocycles. The number of nitrogens with two attached hydrogens (primary N) is 1. The number of rotatable bonds is 19. The van der Waals surface area contributed by atoms with Gasteiger partial charge in [0.2, 0.25) is 0 Å². The van der Waals surface area contributed by atoms with Gasteiger partial charge in [-0.3, -0.25) is 14.4 Å². The average molecular weight is 490 g/mol. The molecule has 7 nitrogen and oxygen atoms in total. The molecule has 0 aliphatic carbocycles. The molecule has 0 heterocycles. The Bertz CT molecular complexity index is 531. The molecule has 0 aromatic rings. The Morgan fingerprint density at radius 2 is 0.939 bits per heavy atom. The molecule has 1 atom stereocenters. The standard InChI is InChI=1S/C24H43NO6.2Na.2H/c1-3-5-7-9-11-13-15-17-21(26)30-23(28)19-20(25)24(29)31-22(27)18-16-14-12-10-8-6-4-2;;;;/h20H,3-19,25H2,1-2H3;;;;/t20-;;;;/m0..../s1. The number of ether oxygens (including phenoxy) is 2. The van der Waals surface area contributed by atoms with E-state index in [-0.39, 0.29) is 72.0 Å². The molecule has 0 unspecified atom stereocenters. The number of hydrogen-bond acceptors (Lipinski definition) is 7. The monoisotopic (exact) mass is 489 g/mol. The summed E-state index contributed by atoms with van der Waals surface area (Å²) in [4.78, 5) is 47.0. The van der Waals surface area contributed by atoms with Crippen LogP contribution in [0.4, 0.5) is 0 Å². The van der Waals surface area contributed by atoms with Crippen LogP contribution in [0, 0.1) is 0 Å². The molecule has 0 radical (unpaired) electrons. The van der Waals surface area contributed by atoms with Crippen LogP contribution >= 0.6 is 0 Å². The van der Waals surface area contributed by atoms with Gasteiger partial charge in [-0.25, -0.2) is 4.79 Å². The van der Waals surface area contributed by atoms with Crippen LogP contribution < -0.4 is 5.73 Å². The fourth-order valence-corrected chi connectivity index (χ4v) is 3.17. The maximum absolute atomic E-state index is 11.8. The summed E-state index contributed by atoms with van der Waals surface area (Å²) in [6, 6.07) is -1.32. The van der Waals surface area contributed by atoms with Crippen molar-refractivity contribution in [2.75, 3.05) is 0 Å². The van der Waals surface area contributed by atoms with Crippen LogP contribution in [0.3, 0.4) is 0 Å². The second kappa shape index (κ2) is 26.8. The fraction of sp³-hybridized carbons (Fsp3) is 0.833. The number of carbonyl (C=O) groups is 4. The van der Waals surface area contributed by atoms with Crippen molar-refractivity contribution in [1.82, 2.24) is 0 Å². The Morgan fingerprint density at radius 3 is 1.36 bits per heavy atom. The number of esters is 4. The van der Waals surface area contributed by atoms with E-state index in [0.717, 1.165) is 38.5 Å². The van der Waals surface area contributed by atoms with Crippen molar-refractivity contribution >= 4 is 83.0 Å². The van der Waals surface area contributed by atoms with Gasteiger partial charge in [0.25, 0.3) is 0 Å². The molecule has 0 saturated carbocycles. The second-order valence-corrected chi connectivity index (χ2v) is 8.19. The van der Waals surface area contributed by atoms with Gasteiger partial charge < -0.3 is 15.2 Å². The quantitative estimate of drug-likeness (QED) is 0.127. The Morgan fingerprint density at radius 1 is 0.576 bits per heavy atom. The topological polar surface area (TPSA) is 113 Å². The Hall–Kier alpha value is 0.240. The molecule has 2 N–H and O–H groups in total. The van der Waals surface area contributed by atoms with Gasteiger partial charge in [-0.1, -0.05) is 90.9 Å². The van der Waals surface area contributed by atoms with Gasteiger partial charge in [0.05, 0.1) is 6.42 Å². The molecule has 0 fully saturated rings. The Balaban J connectivity index is -0.00000450. The van der Waals surface area contributed by atoms with E-state index in [1.807, 2.05) is 0 Å². The van der Waals surface area contributed by atoms with E-state index in [4.69, 9.17) is 10.5 Å². The first-order chi connectivity index (χ1) is 14.9. The molecule has 0 bridgehead atoms. The summed E-state index contributed by atoms with van der Waals surface area (Å²) in [7, 11) is 0. The van der Waals surface area contributed by atoms with Gasteiger partial charge in [-0.2, -0.15) is 0 Å². The molecule has 0 amide bonds. The van der Waals surface area contributed by atoms with Crippen LogP contribution in [0.15, 0.2) is 0 Å². The molecule has 0 spiro atoms. The normalized spacial score (nSPS) is 11.0. The zero-order chi connectivity index (χ0) is 23.3. The number of unbranched alkanes of at least 4 members (excludes halogenated alkanes) is 12. The van der Waals surface area contributed by atoms with E-state index < -0.39 is 36.3 Å². The maximum atomic E-state index is 11.8. The van der Waals surface area contributed by atoms with Crippen LogP contribution in [-0.2, 0) is 28.7 Å². The van der Waals surface area contributed by atoms with E-state index >= 15 is 0 Å². The SMILES string of the molecule is CCCCCCCCCC(=O)OC(=O)C[C@H](N)C(=O)OC(=O)CCCCCCCCC.[NaH].[NaH]. The zero-order valence-electron chi connectivity index (χ0n) is 19.6. The minimum atomic E-state index is -1.32. The molecule has 9 heteroatoms. The second-order valence-electron chi connectivity index (χ2n) is 8.19. The molecule has 33 heavy (non-hydrogen) atoms. The predicted octanol–water partition coefficient (Wildman–Crippen LogP) is 3.83. The van der Waals surface area contributed by atoms with E-state index in [2.05, 4.69) is 18.6 Å². The van der Waals surface area contributed by atoms with Crippen LogP contribution in [0.25, 0.3) is 0 Å². The van der Waals surface area contributed by atoms with E-state index in [9.17, 15) is 19.2 Å². The third-order valence-electron chi connectivity index (χ3n) is 5.10. The summed E-state index contributed by atoms with van der Waals surface area (Å²) in [6.07, 6.45) is 14.6. The van der Waals surface area contributed by atoms with Crippen LogP contribution in [0.5, 0.6) is 0 Å². The van der Waals surface area contributed by atoms with E-state index in [1.165, 1.54) is 38.5 Å². The van der Waals surface area contributed by atoms with Crippen molar-refractivity contribution in [2.24, 2.45) is 5.73 Å². The molecular weight excluding hydrogens is 444 g/mol. The first-order valence-corrected chi connectivity index (χ1v) is 12.1. The van der Waals surface area contributed by atoms with Crippen LogP contribution in [-0.4, -0.2) is 89.0 Å². The third kappa shape index (κ3) is 25.1. The van der Waals surface area contributed by atoms with E-state index in [0.29, 0.717) is 12.8 Å². The van der Waals surface area contributed by atoms with Crippen molar-refractivity contribution in [2.45, 2.75) is 129 Å². The zero-order valence-corrected chi connectivity index (χ0v) is 19.6. The summed E-state index contributed by atoms with van der Waals surface area (Å²) in [5.41, 5.74) is 5.61. The fourth-order valence-electron chi connectivity index (χ4n) is 3.17. The van der Waals surface area contributed by atoms with Crippen LogP contribution in [0.2, 0.25) is 0 Å². The molecule has 0 rings (SSSR count). The van der Waals surface area contributed by atoms with Crippen molar-refractivity contribution in [1.29, 1.82) is 0 Å². The van der Waals surface area contributed by atoms with Crippen LogP contribution in [0.1, 0.15) is 123 Å². The Labute approximate surface area is 244 Å².